The highest BCUT2D eigenvalue weighted by Crippen LogP contribution is 2.32. The van der Waals surface area contributed by atoms with Crippen LogP contribution in [-0.2, 0) is 19.0 Å². The highest BCUT2D eigenvalue weighted by Gasteiger charge is 2.46. The maximum atomic E-state index is 12.9. The van der Waals surface area contributed by atoms with Crippen LogP contribution in [0.25, 0.3) is 0 Å². The number of nitrogens with zero attached hydrogens (tertiary/aromatic N) is 4. The lowest BCUT2D eigenvalue weighted by atomic mass is 9.96. The predicted molar refractivity (Wildman–Crippen MR) is 161 cm³/mol. The van der Waals surface area contributed by atoms with Crippen LogP contribution in [0.4, 0.5) is 11.5 Å². The molecule has 3 aliphatic heterocycles. The SMILES string of the molecule is C[C@H]1O[C@H](O[C@H]2CC[C@H](n3ccc(NC(=O)c4ccc(N5CN[C@](C)(CO)C5=O)cc4)nc3=O)O[C@@H]2C)[C@H](O)[C@@H](O)[C@@H]1N(C)C. The second-order valence-electron chi connectivity index (χ2n) is 12.3. The van der Waals surface area contributed by atoms with Gasteiger partial charge in [0.2, 0.25) is 0 Å². The zero-order valence-electron chi connectivity index (χ0n) is 26.0. The average molecular weight is 631 g/mol. The third-order valence-corrected chi connectivity index (χ3v) is 8.79. The second kappa shape index (κ2) is 13.2. The molecule has 15 nitrogen and oxygen atoms in total. The number of carbonyl (C=O) groups excluding carboxylic acids is 2. The number of hydrogen-bond acceptors (Lipinski definition) is 12. The highest BCUT2D eigenvalue weighted by atomic mass is 16.7. The summed E-state index contributed by atoms with van der Waals surface area (Å²) in [6.45, 7) is 5.14. The quantitative estimate of drug-likeness (QED) is 0.255. The van der Waals surface area contributed by atoms with Gasteiger partial charge in [0, 0.05) is 17.4 Å². The maximum Gasteiger partial charge on any atom is 0.351 e. The van der Waals surface area contributed by atoms with E-state index in [2.05, 4.69) is 15.6 Å². The summed E-state index contributed by atoms with van der Waals surface area (Å²) in [7, 11) is 3.62. The minimum absolute atomic E-state index is 0.0696. The van der Waals surface area contributed by atoms with Crippen LogP contribution in [0.5, 0.6) is 0 Å². The van der Waals surface area contributed by atoms with Crippen LogP contribution in [0.3, 0.4) is 0 Å². The second-order valence-corrected chi connectivity index (χ2v) is 12.3. The third-order valence-electron chi connectivity index (χ3n) is 8.79. The molecular formula is C30H42N6O9. The van der Waals surface area contributed by atoms with Gasteiger partial charge in [0.1, 0.15) is 29.8 Å². The first-order valence-corrected chi connectivity index (χ1v) is 15.0. The van der Waals surface area contributed by atoms with Crippen molar-refractivity contribution in [3.05, 3.63) is 52.6 Å². The van der Waals surface area contributed by atoms with Gasteiger partial charge in [-0.05, 0) is 78.0 Å². The van der Waals surface area contributed by atoms with Crippen LogP contribution >= 0.6 is 0 Å². The normalized spacial score (nSPS) is 33.9. The number of aliphatic hydroxyl groups is 3. The van der Waals surface area contributed by atoms with Crippen LogP contribution in [0.15, 0.2) is 41.3 Å². The van der Waals surface area contributed by atoms with Crippen LogP contribution in [0, 0.1) is 0 Å². The molecule has 4 heterocycles. The fourth-order valence-electron chi connectivity index (χ4n) is 6.07. The van der Waals surface area contributed by atoms with Crippen LogP contribution in [-0.4, -0.2) is 117 Å². The van der Waals surface area contributed by atoms with E-state index in [0.717, 1.165) is 0 Å². The van der Waals surface area contributed by atoms with Crippen molar-refractivity contribution in [2.45, 2.75) is 88.2 Å². The lowest BCUT2D eigenvalue weighted by Gasteiger charge is -2.46. The van der Waals surface area contributed by atoms with Crippen LogP contribution in [0.2, 0.25) is 0 Å². The summed E-state index contributed by atoms with van der Waals surface area (Å²) in [5, 5.41) is 36.4. The number of anilines is 2. The Kier molecular flexibility index (Phi) is 9.72. The molecule has 0 unspecified atom stereocenters. The van der Waals surface area contributed by atoms with Crippen molar-refractivity contribution >= 4 is 23.3 Å². The fourth-order valence-corrected chi connectivity index (χ4v) is 6.07. The zero-order chi connectivity index (χ0) is 32.6. The first-order chi connectivity index (χ1) is 21.3. The van der Waals surface area contributed by atoms with E-state index in [9.17, 15) is 29.7 Å². The number of aliphatic hydroxyl groups excluding tert-OH is 3. The molecule has 5 N–H and O–H groups in total. The number of benzene rings is 1. The van der Waals surface area contributed by atoms with Gasteiger partial charge in [-0.3, -0.25) is 24.4 Å². The van der Waals surface area contributed by atoms with Gasteiger partial charge < -0.3 is 39.7 Å². The summed E-state index contributed by atoms with van der Waals surface area (Å²) in [6.07, 6.45) is -2.78. The molecule has 2 aromatic rings. The molecule has 2 amide bonds. The molecule has 0 aliphatic carbocycles. The van der Waals surface area contributed by atoms with Gasteiger partial charge in [-0.2, -0.15) is 4.98 Å². The first kappa shape index (κ1) is 33.1. The van der Waals surface area contributed by atoms with E-state index in [-0.39, 0.29) is 37.1 Å². The molecule has 1 aromatic heterocycles. The van der Waals surface area contributed by atoms with Gasteiger partial charge >= 0.3 is 5.69 Å². The van der Waals surface area contributed by atoms with Crippen LogP contribution < -0.4 is 21.2 Å². The Labute approximate surface area is 260 Å². The van der Waals surface area contributed by atoms with Gasteiger partial charge in [0.15, 0.2) is 6.29 Å². The number of amides is 2. The van der Waals surface area contributed by atoms with E-state index in [1.807, 2.05) is 21.0 Å². The van der Waals surface area contributed by atoms with Crippen molar-refractivity contribution in [2.24, 2.45) is 0 Å². The van der Waals surface area contributed by atoms with Gasteiger partial charge in [0.25, 0.3) is 11.8 Å². The number of hydrogen-bond donors (Lipinski definition) is 5. The standard InChI is InChI=1S/C30H42N6O9/c1-16-20(45-27-25(39)24(38)23(34(4)5)17(2)44-27)10-11-22(43-16)35-13-12-21(33-29(35)42)32-26(40)18-6-8-19(9-7-18)36-15-31-30(3,14-37)28(36)41/h6-9,12-13,16-17,20,22-25,27,31,37-39H,10-11,14-15H2,1-5H3,(H,32,33,40,42)/t16-,17-,20+,22-,23-,24+,25-,27-,30-/m1/s1. The van der Waals surface area contributed by atoms with Crippen molar-refractivity contribution in [3.63, 3.8) is 0 Å². The summed E-state index contributed by atoms with van der Waals surface area (Å²) in [6, 6.07) is 7.50. The molecular weight excluding hydrogens is 588 g/mol. The van der Waals surface area contributed by atoms with Gasteiger partial charge in [-0.15, -0.1) is 0 Å². The Morgan fingerprint density at radius 1 is 1.11 bits per heavy atom. The van der Waals surface area contributed by atoms with Crippen molar-refractivity contribution in [2.75, 3.05) is 37.6 Å². The predicted octanol–water partition coefficient (Wildman–Crippen LogP) is -0.380. The first-order valence-electron chi connectivity index (χ1n) is 15.0. The van der Waals surface area contributed by atoms with Crippen molar-refractivity contribution in [3.8, 4) is 0 Å². The van der Waals surface area contributed by atoms with E-state index in [0.29, 0.717) is 24.1 Å². The monoisotopic (exact) mass is 630 g/mol. The summed E-state index contributed by atoms with van der Waals surface area (Å²) in [5.41, 5.74) is -0.783. The van der Waals surface area contributed by atoms with Gasteiger partial charge in [0.05, 0.1) is 37.6 Å². The lowest BCUT2D eigenvalue weighted by Crippen LogP contribution is -2.62. The summed E-state index contributed by atoms with van der Waals surface area (Å²) in [4.78, 5) is 45.7. The number of aromatic nitrogens is 2. The largest absolute Gasteiger partial charge is 0.394 e. The smallest absolute Gasteiger partial charge is 0.351 e. The fraction of sp³-hybridized carbons (Fsp3) is 0.600. The summed E-state index contributed by atoms with van der Waals surface area (Å²) in [5.74, 6) is -0.681. The number of likely N-dealkylation sites (N-methyl/N-ethyl adjacent to an activating group) is 1. The minimum Gasteiger partial charge on any atom is -0.394 e. The number of nitrogens with one attached hydrogen (secondary N) is 2. The van der Waals surface area contributed by atoms with Crippen molar-refractivity contribution in [1.82, 2.24) is 19.8 Å². The van der Waals surface area contributed by atoms with E-state index in [1.54, 1.807) is 43.0 Å². The molecule has 0 saturated carbocycles. The average Bonchev–Trinajstić information content (AvgIpc) is 3.30. The molecule has 45 heavy (non-hydrogen) atoms. The van der Waals surface area contributed by atoms with E-state index in [1.165, 1.54) is 21.7 Å². The highest BCUT2D eigenvalue weighted by molar-refractivity contribution is 6.05. The molecule has 3 fully saturated rings. The molecule has 3 saturated heterocycles. The summed E-state index contributed by atoms with van der Waals surface area (Å²) >= 11 is 0. The number of rotatable bonds is 8. The topological polar surface area (TPSA) is 188 Å². The molecule has 9 atom stereocenters. The number of carbonyl (C=O) groups is 2. The molecule has 246 valence electrons. The Hall–Kier alpha value is -3.28. The Morgan fingerprint density at radius 3 is 2.42 bits per heavy atom. The lowest BCUT2D eigenvalue weighted by molar-refractivity contribution is -0.310. The zero-order valence-corrected chi connectivity index (χ0v) is 26.0. The molecule has 1 aromatic carbocycles. The van der Waals surface area contributed by atoms with E-state index < -0.39 is 54.1 Å². The minimum atomic E-state index is -1.24. The van der Waals surface area contributed by atoms with E-state index >= 15 is 0 Å². The van der Waals surface area contributed by atoms with E-state index in [4.69, 9.17) is 14.2 Å². The molecule has 0 radical (unpaired) electrons. The molecule has 0 bridgehead atoms. The van der Waals surface area contributed by atoms with Gasteiger partial charge in [-0.25, -0.2) is 4.79 Å². The molecule has 0 spiro atoms. The van der Waals surface area contributed by atoms with Crippen molar-refractivity contribution < 1.29 is 39.1 Å². The Morgan fingerprint density at radius 2 is 1.82 bits per heavy atom. The Balaban J connectivity index is 1.16. The Bertz CT molecular complexity index is 1440. The number of ether oxygens (including phenoxy) is 3. The summed E-state index contributed by atoms with van der Waals surface area (Å²) < 4.78 is 19.4. The maximum absolute atomic E-state index is 12.9. The van der Waals surface area contributed by atoms with Crippen molar-refractivity contribution in [1.29, 1.82) is 0 Å². The van der Waals surface area contributed by atoms with Crippen LogP contribution in [0.1, 0.15) is 50.2 Å². The molecule has 15 heteroatoms. The molecule has 5 rings (SSSR count). The third kappa shape index (κ3) is 6.66. The molecule has 3 aliphatic rings. The van der Waals surface area contributed by atoms with Gasteiger partial charge in [-0.1, -0.05) is 0 Å².